The lowest BCUT2D eigenvalue weighted by Gasteiger charge is -2.08. The van der Waals surface area contributed by atoms with Crippen LogP contribution in [0.2, 0.25) is 0 Å². The Labute approximate surface area is 161 Å². The summed E-state index contributed by atoms with van der Waals surface area (Å²) >= 11 is 4.00. The maximum Gasteiger partial charge on any atom is 0.320 e. The number of halogens is 2. The van der Waals surface area contributed by atoms with Crippen molar-refractivity contribution in [1.29, 1.82) is 0 Å². The molecule has 0 saturated heterocycles. The van der Waals surface area contributed by atoms with Crippen LogP contribution in [0.25, 0.3) is 0 Å². The van der Waals surface area contributed by atoms with Crippen LogP contribution in [0, 0.1) is 5.82 Å². The van der Waals surface area contributed by atoms with Crippen LogP contribution in [-0.4, -0.2) is 22.9 Å². The van der Waals surface area contributed by atoms with Crippen molar-refractivity contribution < 1.29 is 18.7 Å². The molecule has 10 heteroatoms. The maximum absolute atomic E-state index is 13.8. The Morgan fingerprint density at radius 3 is 2.81 bits per heavy atom. The predicted octanol–water partition coefficient (Wildman–Crippen LogP) is 3.42. The average molecular weight is 443 g/mol. The van der Waals surface area contributed by atoms with Gasteiger partial charge in [-0.2, -0.15) is 4.37 Å². The summed E-state index contributed by atoms with van der Waals surface area (Å²) in [5.74, 6) is -1.35. The molecule has 0 unspecified atom stereocenters. The number of nitrogens with zero attached hydrogens (tertiary/aromatic N) is 1. The quantitative estimate of drug-likeness (QED) is 0.570. The number of anilines is 1. The number of hydrogen-bond acceptors (Lipinski definition) is 5. The monoisotopic (exact) mass is 442 g/mol. The number of urea groups is 1. The fourth-order valence-electron chi connectivity index (χ4n) is 1.84. The maximum atomic E-state index is 13.8. The van der Waals surface area contributed by atoms with E-state index in [1.165, 1.54) is 6.07 Å². The fourth-order valence-corrected chi connectivity index (χ4v) is 2.91. The molecule has 0 aliphatic rings. The normalized spacial score (nSPS) is 10.3. The highest BCUT2D eigenvalue weighted by atomic mass is 79.9. The van der Waals surface area contributed by atoms with Crippen molar-refractivity contribution >= 4 is 44.4 Å². The molecule has 2 rings (SSSR count). The molecule has 0 atom stereocenters. The van der Waals surface area contributed by atoms with E-state index >= 15 is 0 Å². The molecule has 7 nitrogen and oxygen atoms in total. The van der Waals surface area contributed by atoms with Gasteiger partial charge in [0.1, 0.15) is 23.0 Å². The van der Waals surface area contributed by atoms with Gasteiger partial charge in [-0.05, 0) is 30.6 Å². The zero-order chi connectivity index (χ0) is 19.3. The van der Waals surface area contributed by atoms with E-state index in [1.807, 2.05) is 0 Å². The van der Waals surface area contributed by atoms with Gasteiger partial charge in [0.25, 0.3) is 5.91 Å². The van der Waals surface area contributed by atoms with E-state index in [1.54, 1.807) is 19.1 Å². The fraction of sp³-hybridized carbons (Fsp3) is 0.188. The highest BCUT2D eigenvalue weighted by Gasteiger charge is 2.22. The van der Waals surface area contributed by atoms with Crippen LogP contribution < -0.4 is 21.1 Å². The minimum atomic E-state index is -0.819. The standard InChI is InChI=1S/C16H16BrFN4O3S/c1-8(2)6-20-16(24)21-15-12(13(19)23)14(22-26-15)25-7-9-3-4-10(17)5-11(9)18/h3-5H,1,6-7H2,2H3,(H2,19,23)(H2,20,21,24). The lowest BCUT2D eigenvalue weighted by Crippen LogP contribution is -2.30. The molecule has 0 radical (unpaired) electrons. The van der Waals surface area contributed by atoms with Crippen molar-refractivity contribution in [2.24, 2.45) is 5.73 Å². The highest BCUT2D eigenvalue weighted by Crippen LogP contribution is 2.31. The zero-order valence-corrected chi connectivity index (χ0v) is 16.2. The van der Waals surface area contributed by atoms with Gasteiger partial charge in [-0.3, -0.25) is 10.1 Å². The summed E-state index contributed by atoms with van der Waals surface area (Å²) in [6.07, 6.45) is 0. The Morgan fingerprint density at radius 1 is 1.46 bits per heavy atom. The first-order valence-electron chi connectivity index (χ1n) is 7.33. The SMILES string of the molecule is C=C(C)CNC(=O)Nc1snc(OCc2ccc(Br)cc2F)c1C(N)=O. The first-order chi connectivity index (χ1) is 12.3. The Balaban J connectivity index is 2.12. The Morgan fingerprint density at radius 2 is 2.19 bits per heavy atom. The number of aromatic nitrogens is 1. The first kappa shape index (κ1) is 19.9. The summed E-state index contributed by atoms with van der Waals surface area (Å²) in [5.41, 5.74) is 6.33. The number of benzene rings is 1. The molecule has 1 aromatic heterocycles. The van der Waals surface area contributed by atoms with E-state index in [9.17, 15) is 14.0 Å². The number of amides is 3. The number of carbonyl (C=O) groups is 2. The van der Waals surface area contributed by atoms with Crippen molar-refractivity contribution in [1.82, 2.24) is 9.69 Å². The third-order valence-corrected chi connectivity index (χ3v) is 4.30. The van der Waals surface area contributed by atoms with Crippen LogP contribution in [-0.2, 0) is 6.61 Å². The van der Waals surface area contributed by atoms with Crippen molar-refractivity contribution in [3.8, 4) is 5.88 Å². The van der Waals surface area contributed by atoms with Gasteiger partial charge in [-0.25, -0.2) is 9.18 Å². The van der Waals surface area contributed by atoms with Gasteiger partial charge in [0.05, 0.1) is 0 Å². The zero-order valence-electron chi connectivity index (χ0n) is 13.8. The van der Waals surface area contributed by atoms with Crippen molar-refractivity contribution in [2.75, 3.05) is 11.9 Å². The van der Waals surface area contributed by atoms with Gasteiger partial charge in [-0.15, -0.1) is 0 Å². The van der Waals surface area contributed by atoms with E-state index < -0.39 is 17.8 Å². The number of primary amides is 1. The highest BCUT2D eigenvalue weighted by molar-refractivity contribution is 9.10. The van der Waals surface area contributed by atoms with Crippen LogP contribution >= 0.6 is 27.5 Å². The largest absolute Gasteiger partial charge is 0.471 e. The van der Waals surface area contributed by atoms with Gasteiger partial charge in [-0.1, -0.05) is 34.1 Å². The molecule has 2 aromatic rings. The second-order valence-electron chi connectivity index (χ2n) is 5.35. The predicted molar refractivity (Wildman–Crippen MR) is 101 cm³/mol. The molecule has 0 saturated carbocycles. The van der Waals surface area contributed by atoms with Crippen molar-refractivity contribution in [3.63, 3.8) is 0 Å². The van der Waals surface area contributed by atoms with Crippen molar-refractivity contribution in [3.05, 3.63) is 51.8 Å². The van der Waals surface area contributed by atoms with E-state index in [4.69, 9.17) is 10.5 Å². The molecule has 0 bridgehead atoms. The third kappa shape index (κ3) is 5.27. The number of carbonyl (C=O) groups excluding carboxylic acids is 2. The van der Waals surface area contributed by atoms with Crippen LogP contribution in [0.15, 0.2) is 34.8 Å². The second kappa shape index (κ2) is 8.77. The van der Waals surface area contributed by atoms with E-state index in [-0.39, 0.29) is 35.2 Å². The molecule has 4 N–H and O–H groups in total. The van der Waals surface area contributed by atoms with Crippen molar-refractivity contribution in [2.45, 2.75) is 13.5 Å². The van der Waals surface area contributed by atoms with Crippen LogP contribution in [0.5, 0.6) is 5.88 Å². The molecule has 0 aliphatic heterocycles. The summed E-state index contributed by atoms with van der Waals surface area (Å²) in [4.78, 5) is 23.5. The molecule has 1 heterocycles. The molecule has 1 aromatic carbocycles. The van der Waals surface area contributed by atoms with E-state index in [0.29, 0.717) is 4.47 Å². The van der Waals surface area contributed by atoms with E-state index in [0.717, 1.165) is 17.1 Å². The summed E-state index contributed by atoms with van der Waals surface area (Å²) in [7, 11) is 0. The smallest absolute Gasteiger partial charge is 0.320 e. The third-order valence-electron chi connectivity index (χ3n) is 3.06. The topological polar surface area (TPSA) is 106 Å². The van der Waals surface area contributed by atoms with Gasteiger partial charge in [0, 0.05) is 16.6 Å². The molecule has 0 aliphatic carbocycles. The summed E-state index contributed by atoms with van der Waals surface area (Å²) in [6.45, 7) is 5.56. The Kier molecular flexibility index (Phi) is 6.70. The minimum Gasteiger partial charge on any atom is -0.471 e. The van der Waals surface area contributed by atoms with Gasteiger partial charge in [0.2, 0.25) is 5.88 Å². The number of ether oxygens (including phenoxy) is 1. The van der Waals surface area contributed by atoms with Crippen LogP contribution in [0.1, 0.15) is 22.8 Å². The molecule has 0 spiro atoms. The Bertz CT molecular complexity index is 856. The summed E-state index contributed by atoms with van der Waals surface area (Å²) in [6, 6.07) is 3.97. The average Bonchev–Trinajstić information content (AvgIpc) is 2.95. The minimum absolute atomic E-state index is 0.0694. The molecule has 26 heavy (non-hydrogen) atoms. The molecular formula is C16H16BrFN4O3S. The number of hydrogen-bond donors (Lipinski definition) is 3. The summed E-state index contributed by atoms with van der Waals surface area (Å²) in [5, 5.41) is 5.19. The van der Waals surface area contributed by atoms with Gasteiger partial charge < -0.3 is 15.8 Å². The molecular weight excluding hydrogens is 427 g/mol. The van der Waals surface area contributed by atoms with Gasteiger partial charge >= 0.3 is 6.03 Å². The van der Waals surface area contributed by atoms with Gasteiger partial charge in [0.15, 0.2) is 0 Å². The molecule has 0 fully saturated rings. The van der Waals surface area contributed by atoms with Crippen LogP contribution in [0.3, 0.4) is 0 Å². The lowest BCUT2D eigenvalue weighted by molar-refractivity contribution is 0.0996. The van der Waals surface area contributed by atoms with Crippen LogP contribution in [0.4, 0.5) is 14.2 Å². The summed E-state index contributed by atoms with van der Waals surface area (Å²) < 4.78 is 23.8. The molecule has 3 amide bonds. The van der Waals surface area contributed by atoms with E-state index in [2.05, 4.69) is 37.5 Å². The lowest BCUT2D eigenvalue weighted by atomic mass is 10.2. The molecule has 138 valence electrons. The second-order valence-corrected chi connectivity index (χ2v) is 7.03. The first-order valence-corrected chi connectivity index (χ1v) is 8.90. The number of nitrogens with one attached hydrogen (secondary N) is 2. The number of nitrogens with two attached hydrogens (primary N) is 1. The Hall–Kier alpha value is -2.46. The number of rotatable bonds is 7.